The Morgan fingerprint density at radius 2 is 1.69 bits per heavy atom. The molecule has 9 nitrogen and oxygen atoms in total. The Bertz CT molecular complexity index is 899. The molecule has 2 N–H and O–H groups in total. The summed E-state index contributed by atoms with van der Waals surface area (Å²) in [6.07, 6.45) is -3.69. The number of nitro groups is 2. The zero-order valence-corrected chi connectivity index (χ0v) is 12.6. The highest BCUT2D eigenvalue weighted by Gasteiger charge is 2.33. The third-order valence-electron chi connectivity index (χ3n) is 3.12. The molecule has 0 fully saturated rings. The molecule has 136 valence electrons. The summed E-state index contributed by atoms with van der Waals surface area (Å²) in [7, 11) is 0. The Morgan fingerprint density at radius 3 is 2.27 bits per heavy atom. The number of nitrogens with zero attached hydrogens (tertiary/aromatic N) is 3. The van der Waals surface area contributed by atoms with Crippen molar-refractivity contribution in [2.45, 2.75) is 6.18 Å². The van der Waals surface area contributed by atoms with Crippen molar-refractivity contribution in [3.63, 3.8) is 0 Å². The minimum absolute atomic E-state index is 0.177. The topological polar surface area (TPSA) is 131 Å². The van der Waals surface area contributed by atoms with E-state index in [1.54, 1.807) is 0 Å². The van der Waals surface area contributed by atoms with E-state index in [-0.39, 0.29) is 11.3 Å². The van der Waals surface area contributed by atoms with Crippen LogP contribution in [0.2, 0.25) is 0 Å². The van der Waals surface area contributed by atoms with Crippen LogP contribution in [0.4, 0.5) is 30.2 Å². The fourth-order valence-corrected chi connectivity index (χ4v) is 1.90. The molecule has 0 saturated carbocycles. The quantitative estimate of drug-likeness (QED) is 0.469. The molecule has 0 saturated heterocycles. The second-order valence-corrected chi connectivity index (χ2v) is 4.86. The third-order valence-corrected chi connectivity index (χ3v) is 3.12. The Kier molecular flexibility index (Phi) is 5.05. The Balaban J connectivity index is 2.26. The number of nitro benzene ring substituents is 2. The summed E-state index contributed by atoms with van der Waals surface area (Å²) < 4.78 is 37.9. The van der Waals surface area contributed by atoms with Crippen LogP contribution in [-0.4, -0.2) is 21.2 Å². The number of alkyl halides is 3. The summed E-state index contributed by atoms with van der Waals surface area (Å²) >= 11 is 0. The van der Waals surface area contributed by atoms with Gasteiger partial charge < -0.3 is 5.11 Å². The number of halogens is 3. The summed E-state index contributed by atoms with van der Waals surface area (Å²) in [4.78, 5) is 19.8. The summed E-state index contributed by atoms with van der Waals surface area (Å²) in [6.45, 7) is 0. The predicted octanol–water partition coefficient (Wildman–Crippen LogP) is 3.67. The number of anilines is 1. The maximum absolute atomic E-state index is 12.6. The monoisotopic (exact) mass is 370 g/mol. The molecule has 0 aliphatic rings. The van der Waals surface area contributed by atoms with Gasteiger partial charge in [0.15, 0.2) is 5.75 Å². The van der Waals surface area contributed by atoms with Gasteiger partial charge in [-0.05, 0) is 24.3 Å². The number of phenols is 1. The van der Waals surface area contributed by atoms with Gasteiger partial charge in [0.25, 0.3) is 5.69 Å². The SMILES string of the molecule is O=[N+]([O-])c1cc(/C=N/Nc2ccc(C(F)(F)F)cc2[N+](=O)[O-])ccc1O. The summed E-state index contributed by atoms with van der Waals surface area (Å²) in [6, 6.07) is 5.20. The summed E-state index contributed by atoms with van der Waals surface area (Å²) in [5.74, 6) is -0.557. The normalized spacial score (nSPS) is 11.5. The van der Waals surface area contributed by atoms with Gasteiger partial charge in [-0.15, -0.1) is 0 Å². The van der Waals surface area contributed by atoms with Crippen molar-refractivity contribution in [3.8, 4) is 5.75 Å². The summed E-state index contributed by atoms with van der Waals surface area (Å²) in [5.41, 5.74) is -0.509. The highest BCUT2D eigenvalue weighted by molar-refractivity contribution is 5.82. The Hall–Kier alpha value is -3.70. The minimum Gasteiger partial charge on any atom is -0.502 e. The molecular weight excluding hydrogens is 361 g/mol. The number of aromatic hydroxyl groups is 1. The number of benzene rings is 2. The molecule has 0 atom stereocenters. The smallest absolute Gasteiger partial charge is 0.416 e. The molecule has 0 aromatic heterocycles. The van der Waals surface area contributed by atoms with Gasteiger partial charge in [0.2, 0.25) is 0 Å². The van der Waals surface area contributed by atoms with E-state index in [1.165, 1.54) is 6.07 Å². The van der Waals surface area contributed by atoms with Crippen LogP contribution < -0.4 is 5.43 Å². The fraction of sp³-hybridized carbons (Fsp3) is 0.0714. The lowest BCUT2D eigenvalue weighted by atomic mass is 10.1. The highest BCUT2D eigenvalue weighted by Crippen LogP contribution is 2.35. The van der Waals surface area contributed by atoms with Gasteiger partial charge in [-0.25, -0.2) is 0 Å². The molecule has 2 aromatic carbocycles. The van der Waals surface area contributed by atoms with E-state index in [1.807, 2.05) is 0 Å². The van der Waals surface area contributed by atoms with E-state index < -0.39 is 38.7 Å². The van der Waals surface area contributed by atoms with E-state index in [2.05, 4.69) is 10.5 Å². The van der Waals surface area contributed by atoms with E-state index in [0.29, 0.717) is 12.1 Å². The van der Waals surface area contributed by atoms with Crippen molar-refractivity contribution in [3.05, 3.63) is 67.8 Å². The average Bonchev–Trinajstić information content (AvgIpc) is 2.55. The number of phenolic OH excluding ortho intramolecular Hbond substituents is 1. The first-order valence-electron chi connectivity index (χ1n) is 6.71. The van der Waals surface area contributed by atoms with Crippen molar-refractivity contribution in [1.82, 2.24) is 0 Å². The van der Waals surface area contributed by atoms with Crippen molar-refractivity contribution in [2.75, 3.05) is 5.43 Å². The van der Waals surface area contributed by atoms with Crippen molar-refractivity contribution in [1.29, 1.82) is 0 Å². The summed E-state index contributed by atoms with van der Waals surface area (Å²) in [5, 5.41) is 34.6. The van der Waals surface area contributed by atoms with Gasteiger partial charge in [0, 0.05) is 17.7 Å². The van der Waals surface area contributed by atoms with Crippen LogP contribution in [0.3, 0.4) is 0 Å². The molecule has 0 amide bonds. The molecule has 0 aliphatic carbocycles. The highest BCUT2D eigenvalue weighted by atomic mass is 19.4. The zero-order chi connectivity index (χ0) is 19.5. The van der Waals surface area contributed by atoms with Gasteiger partial charge in [-0.2, -0.15) is 18.3 Å². The van der Waals surface area contributed by atoms with Gasteiger partial charge in [-0.3, -0.25) is 25.7 Å². The van der Waals surface area contributed by atoms with E-state index in [9.17, 15) is 38.5 Å². The van der Waals surface area contributed by atoms with Crippen molar-refractivity contribution < 1.29 is 28.1 Å². The Labute approximate surface area is 142 Å². The average molecular weight is 370 g/mol. The number of rotatable bonds is 5. The van der Waals surface area contributed by atoms with Crippen LogP contribution in [0.1, 0.15) is 11.1 Å². The Morgan fingerprint density at radius 1 is 1.04 bits per heavy atom. The lowest BCUT2D eigenvalue weighted by Gasteiger charge is -2.08. The third kappa shape index (κ3) is 4.23. The molecule has 26 heavy (non-hydrogen) atoms. The number of hydrogen-bond donors (Lipinski definition) is 2. The molecular formula is C14H9F3N4O5. The first-order chi connectivity index (χ1) is 12.1. The van der Waals surface area contributed by atoms with Crippen LogP contribution >= 0.6 is 0 Å². The molecule has 0 unspecified atom stereocenters. The van der Waals surface area contributed by atoms with E-state index >= 15 is 0 Å². The van der Waals surface area contributed by atoms with Crippen LogP contribution in [0.5, 0.6) is 5.75 Å². The van der Waals surface area contributed by atoms with E-state index in [0.717, 1.165) is 24.4 Å². The largest absolute Gasteiger partial charge is 0.502 e. The standard InChI is InChI=1S/C14H9F3N4O5/c15-14(16,17)9-2-3-10(11(6-9)20(23)24)19-18-7-8-1-4-13(22)12(5-8)21(25)26/h1-7,19,22H/b18-7+. The van der Waals surface area contributed by atoms with Crippen LogP contribution in [0.15, 0.2) is 41.5 Å². The van der Waals surface area contributed by atoms with Crippen molar-refractivity contribution in [2.24, 2.45) is 5.10 Å². The maximum Gasteiger partial charge on any atom is 0.416 e. The molecule has 0 spiro atoms. The van der Waals surface area contributed by atoms with Gasteiger partial charge >= 0.3 is 11.9 Å². The molecule has 0 radical (unpaired) electrons. The molecule has 2 rings (SSSR count). The van der Waals surface area contributed by atoms with Gasteiger partial charge in [-0.1, -0.05) is 0 Å². The van der Waals surface area contributed by atoms with E-state index in [4.69, 9.17) is 0 Å². The molecule has 0 aliphatic heterocycles. The van der Waals surface area contributed by atoms with Crippen LogP contribution in [0.25, 0.3) is 0 Å². The first kappa shape index (κ1) is 18.6. The number of nitrogens with one attached hydrogen (secondary N) is 1. The maximum atomic E-state index is 12.6. The lowest BCUT2D eigenvalue weighted by Crippen LogP contribution is -2.06. The second-order valence-electron chi connectivity index (χ2n) is 4.86. The second kappa shape index (κ2) is 7.04. The molecule has 2 aromatic rings. The number of hydrazone groups is 1. The van der Waals surface area contributed by atoms with Crippen LogP contribution in [-0.2, 0) is 6.18 Å². The fourth-order valence-electron chi connectivity index (χ4n) is 1.90. The lowest BCUT2D eigenvalue weighted by molar-refractivity contribution is -0.385. The number of hydrogen-bond acceptors (Lipinski definition) is 7. The van der Waals surface area contributed by atoms with Gasteiger partial charge in [0.05, 0.1) is 21.6 Å². The molecule has 0 heterocycles. The molecule has 0 bridgehead atoms. The van der Waals surface area contributed by atoms with Crippen molar-refractivity contribution >= 4 is 23.3 Å². The minimum atomic E-state index is -4.74. The first-order valence-corrected chi connectivity index (χ1v) is 6.71. The van der Waals surface area contributed by atoms with Crippen LogP contribution in [0, 0.1) is 20.2 Å². The molecule has 12 heteroatoms. The van der Waals surface area contributed by atoms with Gasteiger partial charge in [0.1, 0.15) is 5.69 Å². The zero-order valence-electron chi connectivity index (χ0n) is 12.6. The predicted molar refractivity (Wildman–Crippen MR) is 84.1 cm³/mol.